The molecule has 2 atom stereocenters. The maximum atomic E-state index is 6.08. The molecule has 0 spiro atoms. The number of nitrogens with two attached hydrogens (primary N) is 1. The van der Waals surface area contributed by atoms with Gasteiger partial charge in [0.1, 0.15) is 6.10 Å². The Kier molecular flexibility index (Phi) is 3.18. The number of hydrogen-bond acceptors (Lipinski definition) is 4. The molecule has 1 saturated heterocycles. The highest BCUT2D eigenvalue weighted by Gasteiger charge is 2.23. The zero-order valence-electron chi connectivity index (χ0n) is 8.23. The molecule has 0 aromatic carbocycles. The summed E-state index contributed by atoms with van der Waals surface area (Å²) in [6.07, 6.45) is 0.0118. The molecule has 4 heteroatoms. The van der Waals surface area contributed by atoms with E-state index in [-0.39, 0.29) is 12.1 Å². The summed E-state index contributed by atoms with van der Waals surface area (Å²) in [5, 5.41) is 2.10. The second-order valence-electron chi connectivity index (χ2n) is 3.50. The first-order valence-corrected chi connectivity index (χ1v) is 5.65. The average molecular weight is 213 g/mol. The molecule has 0 radical (unpaired) electrons. The minimum absolute atomic E-state index is 0.0118. The molecule has 0 amide bonds. The minimum atomic E-state index is -0.0553. The molecule has 1 aliphatic heterocycles. The lowest BCUT2D eigenvalue weighted by Crippen LogP contribution is -2.37. The van der Waals surface area contributed by atoms with Gasteiger partial charge in [-0.05, 0) is 23.9 Å². The lowest BCUT2D eigenvalue weighted by atomic mass is 10.1. The quantitative estimate of drug-likeness (QED) is 0.809. The topological polar surface area (TPSA) is 44.5 Å². The van der Waals surface area contributed by atoms with Crippen molar-refractivity contribution in [3.63, 3.8) is 0 Å². The summed E-state index contributed by atoms with van der Waals surface area (Å²) < 4.78 is 10.9. The number of rotatable bonds is 2. The van der Waals surface area contributed by atoms with Crippen molar-refractivity contribution >= 4 is 11.3 Å². The Hall–Kier alpha value is -0.420. The van der Waals surface area contributed by atoms with Gasteiger partial charge in [-0.3, -0.25) is 0 Å². The Morgan fingerprint density at radius 2 is 2.43 bits per heavy atom. The van der Waals surface area contributed by atoms with Crippen LogP contribution in [-0.4, -0.2) is 25.9 Å². The zero-order valence-corrected chi connectivity index (χ0v) is 9.05. The van der Waals surface area contributed by atoms with Gasteiger partial charge in [-0.15, -0.1) is 11.3 Å². The van der Waals surface area contributed by atoms with Gasteiger partial charge in [0.25, 0.3) is 0 Å². The van der Waals surface area contributed by atoms with Crippen LogP contribution in [0.15, 0.2) is 11.4 Å². The number of aryl methyl sites for hydroxylation is 1. The molecule has 78 valence electrons. The third-order valence-corrected chi connectivity index (χ3v) is 3.26. The van der Waals surface area contributed by atoms with Gasteiger partial charge in [-0.25, -0.2) is 0 Å². The van der Waals surface area contributed by atoms with Crippen LogP contribution in [0.3, 0.4) is 0 Å². The van der Waals surface area contributed by atoms with E-state index in [1.165, 1.54) is 4.88 Å². The SMILES string of the molecule is Cc1cc(C(N)C2COCCO2)cs1. The molecule has 1 fully saturated rings. The van der Waals surface area contributed by atoms with Gasteiger partial charge in [0.05, 0.1) is 25.9 Å². The largest absolute Gasteiger partial charge is 0.376 e. The van der Waals surface area contributed by atoms with Gasteiger partial charge in [-0.2, -0.15) is 0 Å². The van der Waals surface area contributed by atoms with Gasteiger partial charge in [0.15, 0.2) is 0 Å². The maximum absolute atomic E-state index is 6.08. The highest BCUT2D eigenvalue weighted by atomic mass is 32.1. The van der Waals surface area contributed by atoms with Crippen LogP contribution in [0.1, 0.15) is 16.5 Å². The molecule has 2 heterocycles. The molecule has 1 aromatic heterocycles. The summed E-state index contributed by atoms with van der Waals surface area (Å²) in [4.78, 5) is 1.28. The van der Waals surface area contributed by atoms with Gasteiger partial charge < -0.3 is 15.2 Å². The van der Waals surface area contributed by atoms with E-state index in [1.807, 2.05) is 0 Å². The Morgan fingerprint density at radius 1 is 1.57 bits per heavy atom. The van der Waals surface area contributed by atoms with Crippen LogP contribution in [0.2, 0.25) is 0 Å². The van der Waals surface area contributed by atoms with E-state index in [1.54, 1.807) is 11.3 Å². The Balaban J connectivity index is 2.03. The number of hydrogen-bond donors (Lipinski definition) is 1. The van der Waals surface area contributed by atoms with Crippen molar-refractivity contribution in [2.45, 2.75) is 19.1 Å². The maximum Gasteiger partial charge on any atom is 0.100 e. The van der Waals surface area contributed by atoms with Crippen LogP contribution in [0.4, 0.5) is 0 Å². The van der Waals surface area contributed by atoms with Crippen molar-refractivity contribution in [3.05, 3.63) is 21.9 Å². The lowest BCUT2D eigenvalue weighted by molar-refractivity contribution is -0.0975. The van der Waals surface area contributed by atoms with Crippen molar-refractivity contribution in [2.24, 2.45) is 5.73 Å². The van der Waals surface area contributed by atoms with Crippen molar-refractivity contribution in [1.82, 2.24) is 0 Å². The van der Waals surface area contributed by atoms with Gasteiger partial charge in [-0.1, -0.05) is 0 Å². The third-order valence-electron chi connectivity index (χ3n) is 2.38. The number of ether oxygens (including phenoxy) is 2. The molecular formula is C10H15NO2S. The van der Waals surface area contributed by atoms with Crippen molar-refractivity contribution in [3.8, 4) is 0 Å². The van der Waals surface area contributed by atoms with Crippen molar-refractivity contribution in [2.75, 3.05) is 19.8 Å². The summed E-state index contributed by atoms with van der Waals surface area (Å²) in [5.41, 5.74) is 7.24. The summed E-state index contributed by atoms with van der Waals surface area (Å²) in [6, 6.07) is 2.06. The fourth-order valence-electron chi connectivity index (χ4n) is 1.57. The van der Waals surface area contributed by atoms with Gasteiger partial charge in [0.2, 0.25) is 0 Å². The van der Waals surface area contributed by atoms with Crippen LogP contribution < -0.4 is 5.73 Å². The van der Waals surface area contributed by atoms with Crippen LogP contribution in [0, 0.1) is 6.92 Å². The standard InChI is InChI=1S/C10H15NO2S/c1-7-4-8(6-14-7)10(11)9-5-12-2-3-13-9/h4,6,9-10H,2-3,5,11H2,1H3. The van der Waals surface area contributed by atoms with E-state index in [9.17, 15) is 0 Å². The Morgan fingerprint density at radius 3 is 3.00 bits per heavy atom. The van der Waals surface area contributed by atoms with E-state index in [4.69, 9.17) is 15.2 Å². The van der Waals surface area contributed by atoms with Crippen molar-refractivity contribution < 1.29 is 9.47 Å². The predicted octanol–water partition coefficient (Wildman–Crippen LogP) is 1.47. The zero-order chi connectivity index (χ0) is 9.97. The first-order valence-electron chi connectivity index (χ1n) is 4.77. The van der Waals surface area contributed by atoms with Crippen LogP contribution in [0.25, 0.3) is 0 Å². The fourth-order valence-corrected chi connectivity index (χ4v) is 2.32. The second-order valence-corrected chi connectivity index (χ2v) is 4.62. The predicted molar refractivity (Wildman–Crippen MR) is 56.5 cm³/mol. The fraction of sp³-hybridized carbons (Fsp3) is 0.600. The molecule has 1 aliphatic rings. The Bertz CT molecular complexity index is 294. The molecular weight excluding hydrogens is 198 g/mol. The molecule has 1 aromatic rings. The van der Waals surface area contributed by atoms with Crippen LogP contribution >= 0.6 is 11.3 Å². The average Bonchev–Trinajstić information content (AvgIpc) is 2.65. The first-order chi connectivity index (χ1) is 6.77. The van der Waals surface area contributed by atoms with Gasteiger partial charge in [0, 0.05) is 4.88 Å². The molecule has 0 aliphatic carbocycles. The Labute approximate surface area is 87.8 Å². The highest BCUT2D eigenvalue weighted by molar-refractivity contribution is 7.10. The van der Waals surface area contributed by atoms with E-state index < -0.39 is 0 Å². The summed E-state index contributed by atoms with van der Waals surface area (Å²) in [6.45, 7) is 4.03. The van der Waals surface area contributed by atoms with E-state index in [0.717, 1.165) is 5.56 Å². The summed E-state index contributed by atoms with van der Waals surface area (Å²) in [7, 11) is 0. The molecule has 2 rings (SSSR count). The second kappa shape index (κ2) is 4.40. The van der Waals surface area contributed by atoms with Crippen LogP contribution in [-0.2, 0) is 9.47 Å². The molecule has 2 N–H and O–H groups in total. The molecule has 14 heavy (non-hydrogen) atoms. The monoisotopic (exact) mass is 213 g/mol. The van der Waals surface area contributed by atoms with E-state index in [2.05, 4.69) is 18.4 Å². The lowest BCUT2D eigenvalue weighted by Gasteiger charge is -2.27. The molecule has 0 saturated carbocycles. The van der Waals surface area contributed by atoms with E-state index in [0.29, 0.717) is 19.8 Å². The third kappa shape index (κ3) is 2.15. The molecule has 2 unspecified atom stereocenters. The molecule has 0 bridgehead atoms. The van der Waals surface area contributed by atoms with E-state index >= 15 is 0 Å². The summed E-state index contributed by atoms with van der Waals surface area (Å²) in [5.74, 6) is 0. The first kappa shape index (κ1) is 10.1. The normalized spacial score (nSPS) is 24.9. The minimum Gasteiger partial charge on any atom is -0.376 e. The highest BCUT2D eigenvalue weighted by Crippen LogP contribution is 2.23. The van der Waals surface area contributed by atoms with Crippen LogP contribution in [0.5, 0.6) is 0 Å². The van der Waals surface area contributed by atoms with Crippen molar-refractivity contribution in [1.29, 1.82) is 0 Å². The van der Waals surface area contributed by atoms with Gasteiger partial charge >= 0.3 is 0 Å². The molecule has 3 nitrogen and oxygen atoms in total. The smallest absolute Gasteiger partial charge is 0.100 e. The number of thiophene rings is 1. The summed E-state index contributed by atoms with van der Waals surface area (Å²) >= 11 is 1.72.